The Morgan fingerprint density at radius 2 is 1.93 bits per heavy atom. The zero-order chi connectivity index (χ0) is 10.3. The Bertz CT molecular complexity index is 429. The summed E-state index contributed by atoms with van der Waals surface area (Å²) >= 11 is 0. The zero-order valence-corrected chi connectivity index (χ0v) is 7.15. The van der Waals surface area contributed by atoms with Gasteiger partial charge in [-0.05, 0) is 12.1 Å². The third-order valence-corrected chi connectivity index (χ3v) is 2.08. The molecule has 1 heterocycles. The summed E-state index contributed by atoms with van der Waals surface area (Å²) in [6, 6.07) is 4.70. The van der Waals surface area contributed by atoms with E-state index in [0.717, 1.165) is 5.01 Å². The summed E-state index contributed by atoms with van der Waals surface area (Å²) in [4.78, 5) is 23.0. The number of nitrogen functional groups attached to an aromatic ring is 1. The first-order valence-electron chi connectivity index (χ1n) is 3.90. The highest BCUT2D eigenvalue weighted by molar-refractivity contribution is 6.23. The molecular weight excluding hydrogens is 184 g/mol. The number of rotatable bonds is 1. The van der Waals surface area contributed by atoms with Gasteiger partial charge in [-0.15, -0.1) is 0 Å². The normalized spacial score (nSPS) is 14.8. The SMILES string of the molecule is NNN1C(=O)c2cccc(N)c2C1=O. The van der Waals surface area contributed by atoms with Crippen LogP contribution in [-0.4, -0.2) is 16.8 Å². The predicted molar refractivity (Wildman–Crippen MR) is 48.7 cm³/mol. The molecule has 14 heavy (non-hydrogen) atoms. The van der Waals surface area contributed by atoms with E-state index in [-0.39, 0.29) is 16.8 Å². The van der Waals surface area contributed by atoms with E-state index in [4.69, 9.17) is 11.6 Å². The van der Waals surface area contributed by atoms with E-state index in [1.165, 1.54) is 6.07 Å². The molecule has 0 fully saturated rings. The number of nitrogens with two attached hydrogens (primary N) is 2. The molecular formula is C8H8N4O2. The standard InChI is InChI=1S/C8H8N4O2/c9-5-3-1-2-4-6(5)8(14)12(11-10)7(4)13/h1-3,11H,9-10H2. The van der Waals surface area contributed by atoms with Crippen molar-refractivity contribution in [1.82, 2.24) is 10.5 Å². The van der Waals surface area contributed by atoms with Crippen molar-refractivity contribution >= 4 is 17.5 Å². The molecule has 1 aromatic rings. The number of anilines is 1. The number of nitrogens with one attached hydrogen (secondary N) is 1. The minimum Gasteiger partial charge on any atom is -0.398 e. The van der Waals surface area contributed by atoms with Crippen molar-refractivity contribution in [2.75, 3.05) is 5.73 Å². The Kier molecular flexibility index (Phi) is 1.73. The lowest BCUT2D eigenvalue weighted by Crippen LogP contribution is -2.46. The molecule has 1 aliphatic heterocycles. The maximum absolute atomic E-state index is 11.5. The van der Waals surface area contributed by atoms with E-state index >= 15 is 0 Å². The number of amides is 2. The van der Waals surface area contributed by atoms with Crippen molar-refractivity contribution in [3.8, 4) is 0 Å². The van der Waals surface area contributed by atoms with Gasteiger partial charge in [-0.25, -0.2) is 0 Å². The second-order valence-electron chi connectivity index (χ2n) is 2.84. The summed E-state index contributed by atoms with van der Waals surface area (Å²) in [6.45, 7) is 0. The van der Waals surface area contributed by atoms with E-state index in [2.05, 4.69) is 0 Å². The summed E-state index contributed by atoms with van der Waals surface area (Å²) in [5.41, 5.74) is 8.34. The molecule has 0 bridgehead atoms. The van der Waals surface area contributed by atoms with Crippen LogP contribution in [0.1, 0.15) is 20.7 Å². The van der Waals surface area contributed by atoms with Crippen molar-refractivity contribution in [2.24, 2.45) is 5.84 Å². The van der Waals surface area contributed by atoms with Crippen molar-refractivity contribution in [2.45, 2.75) is 0 Å². The lowest BCUT2D eigenvalue weighted by atomic mass is 10.1. The summed E-state index contributed by atoms with van der Waals surface area (Å²) in [5.74, 6) is 4.03. The van der Waals surface area contributed by atoms with Gasteiger partial charge >= 0.3 is 0 Å². The maximum atomic E-state index is 11.5. The molecule has 72 valence electrons. The summed E-state index contributed by atoms with van der Waals surface area (Å²) < 4.78 is 0. The van der Waals surface area contributed by atoms with Crippen LogP contribution in [0.3, 0.4) is 0 Å². The fourth-order valence-electron chi connectivity index (χ4n) is 1.43. The Hall–Kier alpha value is -1.92. The van der Waals surface area contributed by atoms with Crippen LogP contribution >= 0.6 is 0 Å². The van der Waals surface area contributed by atoms with Crippen LogP contribution in [0.2, 0.25) is 0 Å². The summed E-state index contributed by atoms with van der Waals surface area (Å²) in [7, 11) is 0. The molecule has 6 nitrogen and oxygen atoms in total. The molecule has 2 amide bonds. The van der Waals surface area contributed by atoms with Crippen LogP contribution in [0.4, 0.5) is 5.69 Å². The van der Waals surface area contributed by atoms with Crippen LogP contribution in [0.5, 0.6) is 0 Å². The summed E-state index contributed by atoms with van der Waals surface area (Å²) in [6.07, 6.45) is 0. The molecule has 0 saturated heterocycles. The van der Waals surface area contributed by atoms with Crippen LogP contribution in [0.25, 0.3) is 0 Å². The molecule has 5 N–H and O–H groups in total. The highest BCUT2D eigenvalue weighted by Gasteiger charge is 2.36. The minimum atomic E-state index is -0.523. The monoisotopic (exact) mass is 192 g/mol. The molecule has 0 saturated carbocycles. The lowest BCUT2D eigenvalue weighted by Gasteiger charge is -2.09. The third-order valence-electron chi connectivity index (χ3n) is 2.08. The second kappa shape index (κ2) is 2.79. The Balaban J connectivity index is 2.64. The number of fused-ring (bicyclic) bond motifs is 1. The number of carbonyl (C=O) groups excluding carboxylic acids is 2. The van der Waals surface area contributed by atoms with Gasteiger partial charge in [0, 0.05) is 5.69 Å². The Morgan fingerprint density at radius 1 is 1.21 bits per heavy atom. The second-order valence-corrected chi connectivity index (χ2v) is 2.84. The average molecular weight is 192 g/mol. The topological polar surface area (TPSA) is 101 Å². The van der Waals surface area contributed by atoms with E-state index in [0.29, 0.717) is 0 Å². The molecule has 0 spiro atoms. The first-order chi connectivity index (χ1) is 6.66. The maximum Gasteiger partial charge on any atom is 0.279 e. The fourth-order valence-corrected chi connectivity index (χ4v) is 1.43. The van der Waals surface area contributed by atoms with Gasteiger partial charge in [-0.1, -0.05) is 6.07 Å². The van der Waals surface area contributed by atoms with E-state index in [9.17, 15) is 9.59 Å². The molecule has 6 heteroatoms. The van der Waals surface area contributed by atoms with E-state index in [1.54, 1.807) is 12.1 Å². The average Bonchev–Trinajstić information content (AvgIpc) is 2.41. The van der Waals surface area contributed by atoms with Crippen LogP contribution < -0.4 is 17.1 Å². The Morgan fingerprint density at radius 3 is 2.50 bits per heavy atom. The number of nitrogens with zero attached hydrogens (tertiary/aromatic N) is 1. The van der Waals surface area contributed by atoms with E-state index in [1.807, 2.05) is 5.53 Å². The molecule has 0 aliphatic carbocycles. The number of benzene rings is 1. The smallest absolute Gasteiger partial charge is 0.279 e. The molecule has 0 unspecified atom stereocenters. The number of hydrogen-bond acceptors (Lipinski definition) is 5. The Labute approximate surface area is 79.4 Å². The number of hydrazine groups is 2. The quantitative estimate of drug-likeness (QED) is 0.235. The largest absolute Gasteiger partial charge is 0.398 e. The third kappa shape index (κ3) is 0.918. The van der Waals surface area contributed by atoms with Crippen molar-refractivity contribution in [1.29, 1.82) is 0 Å². The molecule has 1 aromatic carbocycles. The van der Waals surface area contributed by atoms with Gasteiger partial charge in [0.25, 0.3) is 11.8 Å². The first-order valence-corrected chi connectivity index (χ1v) is 3.90. The van der Waals surface area contributed by atoms with Gasteiger partial charge in [-0.2, -0.15) is 10.5 Å². The zero-order valence-electron chi connectivity index (χ0n) is 7.15. The molecule has 2 rings (SSSR count). The number of hydrogen-bond donors (Lipinski definition) is 3. The van der Waals surface area contributed by atoms with Gasteiger partial charge in [0.1, 0.15) is 0 Å². The number of imide groups is 1. The van der Waals surface area contributed by atoms with Gasteiger partial charge < -0.3 is 5.73 Å². The number of carbonyl (C=O) groups is 2. The van der Waals surface area contributed by atoms with E-state index < -0.39 is 11.8 Å². The van der Waals surface area contributed by atoms with Crippen LogP contribution in [0, 0.1) is 0 Å². The van der Waals surface area contributed by atoms with Crippen molar-refractivity contribution in [3.05, 3.63) is 29.3 Å². The van der Waals surface area contributed by atoms with Gasteiger partial charge in [0.05, 0.1) is 11.1 Å². The molecule has 0 radical (unpaired) electrons. The van der Waals surface area contributed by atoms with Gasteiger partial charge in [-0.3, -0.25) is 15.4 Å². The first kappa shape index (κ1) is 8.67. The van der Waals surface area contributed by atoms with Crippen molar-refractivity contribution in [3.63, 3.8) is 0 Å². The molecule has 1 aliphatic rings. The van der Waals surface area contributed by atoms with Crippen molar-refractivity contribution < 1.29 is 9.59 Å². The van der Waals surface area contributed by atoms with Crippen LogP contribution in [0.15, 0.2) is 18.2 Å². The lowest BCUT2D eigenvalue weighted by molar-refractivity contribution is 0.0568. The van der Waals surface area contributed by atoms with Crippen LogP contribution in [-0.2, 0) is 0 Å². The predicted octanol–water partition coefficient (Wildman–Crippen LogP) is -0.757. The molecule has 0 aromatic heterocycles. The minimum absolute atomic E-state index is 0.204. The highest BCUT2D eigenvalue weighted by Crippen LogP contribution is 2.25. The fraction of sp³-hybridized carbons (Fsp3) is 0. The summed E-state index contributed by atoms with van der Waals surface area (Å²) in [5, 5.41) is 0.723. The van der Waals surface area contributed by atoms with Gasteiger partial charge in [0.2, 0.25) is 0 Å². The molecule has 0 atom stereocenters. The highest BCUT2D eigenvalue weighted by atomic mass is 16.2. The van der Waals surface area contributed by atoms with Gasteiger partial charge in [0.15, 0.2) is 0 Å².